The molecule has 4 rings (SSSR count). The molecule has 188 valence electrons. The Morgan fingerprint density at radius 2 is 1.61 bits per heavy atom. The molecule has 0 spiro atoms. The van der Waals surface area contributed by atoms with Crippen LogP contribution in [-0.4, -0.2) is 24.8 Å². The van der Waals surface area contributed by atoms with Gasteiger partial charge in [0.05, 0.1) is 11.3 Å². The first-order valence-electron chi connectivity index (χ1n) is 11.8. The van der Waals surface area contributed by atoms with Crippen molar-refractivity contribution in [2.75, 3.05) is 23.3 Å². The Balaban J connectivity index is 1.51. The number of benzene rings is 3. The number of piperidine rings is 1. The van der Waals surface area contributed by atoms with Crippen molar-refractivity contribution >= 4 is 23.1 Å². The predicted molar refractivity (Wildman–Crippen MR) is 131 cm³/mol. The largest absolute Gasteiger partial charge is 0.418 e. The van der Waals surface area contributed by atoms with Crippen LogP contribution in [0.3, 0.4) is 0 Å². The van der Waals surface area contributed by atoms with Crippen molar-refractivity contribution in [1.29, 1.82) is 0 Å². The number of ketones is 1. The molecule has 1 heterocycles. The summed E-state index contributed by atoms with van der Waals surface area (Å²) >= 11 is 0. The number of hydrogen-bond acceptors (Lipinski definition) is 3. The summed E-state index contributed by atoms with van der Waals surface area (Å²) in [7, 11) is 0. The molecule has 0 saturated carbocycles. The van der Waals surface area contributed by atoms with Gasteiger partial charge in [-0.2, -0.15) is 13.2 Å². The summed E-state index contributed by atoms with van der Waals surface area (Å²) in [6.45, 7) is 3.07. The number of halogens is 4. The van der Waals surface area contributed by atoms with Gasteiger partial charge in [-0.15, -0.1) is 0 Å². The van der Waals surface area contributed by atoms with Crippen molar-refractivity contribution in [3.63, 3.8) is 0 Å². The summed E-state index contributed by atoms with van der Waals surface area (Å²) in [5, 5.41) is 2.43. The van der Waals surface area contributed by atoms with Gasteiger partial charge in [-0.25, -0.2) is 4.39 Å². The normalized spacial score (nSPS) is 14.5. The van der Waals surface area contributed by atoms with Crippen molar-refractivity contribution in [1.82, 2.24) is 0 Å². The third-order valence-corrected chi connectivity index (χ3v) is 6.57. The molecule has 1 aliphatic heterocycles. The Kier molecular flexibility index (Phi) is 7.43. The van der Waals surface area contributed by atoms with Crippen LogP contribution < -0.4 is 10.2 Å². The second-order valence-electron chi connectivity index (χ2n) is 8.79. The highest BCUT2D eigenvalue weighted by molar-refractivity contribution is 6.06. The quantitative estimate of drug-likeness (QED) is 0.302. The van der Waals surface area contributed by atoms with E-state index in [2.05, 4.69) is 10.2 Å². The van der Waals surface area contributed by atoms with Gasteiger partial charge in [0.25, 0.3) is 5.91 Å². The SMILES string of the molecule is CCc1c(C(=O)Nc2ccccc2C(F)(F)F)cccc1N1CCC(C(=O)c2ccc(F)cc2)CC1. The van der Waals surface area contributed by atoms with Crippen LogP contribution in [-0.2, 0) is 12.6 Å². The highest BCUT2D eigenvalue weighted by Crippen LogP contribution is 2.35. The molecule has 8 heteroatoms. The summed E-state index contributed by atoms with van der Waals surface area (Å²) in [5.74, 6) is -1.19. The number of Topliss-reactive ketones (excluding diaryl/α,β-unsaturated/α-hetero) is 1. The molecular formula is C28H26F4N2O2. The fraction of sp³-hybridized carbons (Fsp3) is 0.286. The minimum absolute atomic E-state index is 0.0122. The van der Waals surface area contributed by atoms with E-state index in [0.29, 0.717) is 43.5 Å². The lowest BCUT2D eigenvalue weighted by Crippen LogP contribution is -2.37. The highest BCUT2D eigenvalue weighted by atomic mass is 19.4. The maximum absolute atomic E-state index is 13.4. The molecule has 1 N–H and O–H groups in total. The summed E-state index contributed by atoms with van der Waals surface area (Å²) in [5.41, 5.74) is 1.19. The molecule has 3 aromatic rings. The van der Waals surface area contributed by atoms with Gasteiger partial charge >= 0.3 is 6.18 Å². The predicted octanol–water partition coefficient (Wildman–Crippen LogP) is 6.76. The molecule has 1 fully saturated rings. The van der Waals surface area contributed by atoms with Crippen LogP contribution in [0.25, 0.3) is 0 Å². The van der Waals surface area contributed by atoms with Gasteiger partial charge < -0.3 is 10.2 Å². The average molecular weight is 499 g/mol. The number of para-hydroxylation sites is 1. The lowest BCUT2D eigenvalue weighted by Gasteiger charge is -2.34. The monoisotopic (exact) mass is 498 g/mol. The number of carbonyl (C=O) groups excluding carboxylic acids is 2. The minimum Gasteiger partial charge on any atom is -0.371 e. The molecule has 0 aromatic heterocycles. The second kappa shape index (κ2) is 10.5. The number of alkyl halides is 3. The van der Waals surface area contributed by atoms with Crippen molar-refractivity contribution in [2.45, 2.75) is 32.4 Å². The Labute approximate surface area is 206 Å². The molecule has 1 aliphatic rings. The maximum Gasteiger partial charge on any atom is 0.418 e. The first-order valence-corrected chi connectivity index (χ1v) is 11.8. The molecule has 4 nitrogen and oxygen atoms in total. The molecular weight excluding hydrogens is 472 g/mol. The van der Waals surface area contributed by atoms with E-state index >= 15 is 0 Å². The number of nitrogens with zero attached hydrogens (tertiary/aromatic N) is 1. The van der Waals surface area contributed by atoms with E-state index in [0.717, 1.165) is 17.3 Å². The molecule has 3 aromatic carbocycles. The summed E-state index contributed by atoms with van der Waals surface area (Å²) in [6, 6.07) is 15.7. The number of amides is 1. The van der Waals surface area contributed by atoms with Crippen LogP contribution in [0.5, 0.6) is 0 Å². The van der Waals surface area contributed by atoms with Gasteiger partial charge in [0.2, 0.25) is 0 Å². The van der Waals surface area contributed by atoms with E-state index in [9.17, 15) is 27.2 Å². The first kappa shape index (κ1) is 25.4. The second-order valence-corrected chi connectivity index (χ2v) is 8.79. The van der Waals surface area contributed by atoms with E-state index in [-0.39, 0.29) is 23.2 Å². The van der Waals surface area contributed by atoms with Crippen LogP contribution in [0.1, 0.15) is 51.6 Å². The molecule has 0 unspecified atom stereocenters. The highest BCUT2D eigenvalue weighted by Gasteiger charge is 2.34. The van der Waals surface area contributed by atoms with Gasteiger partial charge in [-0.05, 0) is 73.4 Å². The van der Waals surface area contributed by atoms with Crippen LogP contribution >= 0.6 is 0 Å². The van der Waals surface area contributed by atoms with Crippen molar-refractivity contribution in [3.8, 4) is 0 Å². The van der Waals surface area contributed by atoms with Crippen molar-refractivity contribution in [3.05, 3.63) is 94.8 Å². The zero-order valence-electron chi connectivity index (χ0n) is 19.7. The molecule has 0 atom stereocenters. The maximum atomic E-state index is 13.4. The molecule has 1 saturated heterocycles. The summed E-state index contributed by atoms with van der Waals surface area (Å²) in [4.78, 5) is 28.0. The molecule has 36 heavy (non-hydrogen) atoms. The lowest BCUT2D eigenvalue weighted by atomic mass is 9.88. The molecule has 1 amide bonds. The smallest absolute Gasteiger partial charge is 0.371 e. The molecule has 0 radical (unpaired) electrons. The Morgan fingerprint density at radius 3 is 2.25 bits per heavy atom. The van der Waals surface area contributed by atoms with Crippen LogP contribution in [0.15, 0.2) is 66.7 Å². The minimum atomic E-state index is -4.59. The van der Waals surface area contributed by atoms with Gasteiger partial charge in [0, 0.05) is 35.8 Å². The number of hydrogen-bond donors (Lipinski definition) is 1. The van der Waals surface area contributed by atoms with Gasteiger partial charge in [0.15, 0.2) is 5.78 Å². The van der Waals surface area contributed by atoms with E-state index in [1.807, 2.05) is 13.0 Å². The van der Waals surface area contributed by atoms with Gasteiger partial charge in [0.1, 0.15) is 5.82 Å². The fourth-order valence-corrected chi connectivity index (χ4v) is 4.72. The first-order chi connectivity index (χ1) is 17.2. The average Bonchev–Trinajstić information content (AvgIpc) is 2.88. The number of anilines is 2. The van der Waals surface area contributed by atoms with E-state index in [1.54, 1.807) is 12.1 Å². The Bertz CT molecular complexity index is 1250. The van der Waals surface area contributed by atoms with Gasteiger partial charge in [-0.3, -0.25) is 9.59 Å². The lowest BCUT2D eigenvalue weighted by molar-refractivity contribution is -0.136. The zero-order chi connectivity index (χ0) is 25.9. The fourth-order valence-electron chi connectivity index (χ4n) is 4.72. The Morgan fingerprint density at radius 1 is 0.944 bits per heavy atom. The van der Waals surface area contributed by atoms with Crippen LogP contribution in [0.2, 0.25) is 0 Å². The summed E-state index contributed by atoms with van der Waals surface area (Å²) in [6.07, 6.45) is -2.87. The van der Waals surface area contributed by atoms with E-state index in [4.69, 9.17) is 0 Å². The third kappa shape index (κ3) is 5.42. The van der Waals surface area contributed by atoms with Gasteiger partial charge in [-0.1, -0.05) is 25.1 Å². The van der Waals surface area contributed by atoms with E-state index in [1.165, 1.54) is 42.5 Å². The van der Waals surface area contributed by atoms with Crippen molar-refractivity contribution < 1.29 is 27.2 Å². The van der Waals surface area contributed by atoms with Crippen LogP contribution in [0.4, 0.5) is 28.9 Å². The topological polar surface area (TPSA) is 49.4 Å². The summed E-state index contributed by atoms with van der Waals surface area (Å²) < 4.78 is 53.3. The number of nitrogens with one attached hydrogen (secondary N) is 1. The number of carbonyl (C=O) groups is 2. The molecule has 0 bridgehead atoms. The number of rotatable bonds is 6. The molecule has 0 aliphatic carbocycles. The standard InChI is InChI=1S/C28H26F4N2O2/c1-2-21-22(27(36)33-24-8-4-3-7-23(24)28(30,31)32)6-5-9-25(21)34-16-14-19(15-17-34)26(35)18-10-12-20(29)13-11-18/h3-13,19H,2,14-17H2,1H3,(H,33,36). The van der Waals surface area contributed by atoms with Crippen molar-refractivity contribution in [2.24, 2.45) is 5.92 Å². The zero-order valence-corrected chi connectivity index (χ0v) is 19.7. The van der Waals surface area contributed by atoms with Crippen LogP contribution in [0, 0.1) is 11.7 Å². The third-order valence-electron chi connectivity index (χ3n) is 6.57. The van der Waals surface area contributed by atoms with E-state index < -0.39 is 17.6 Å². The Hall–Kier alpha value is -3.68.